The van der Waals surface area contributed by atoms with Gasteiger partial charge in [-0.25, -0.2) is 14.4 Å². The van der Waals surface area contributed by atoms with E-state index in [1.165, 1.54) is 6.33 Å². The Kier molecular flexibility index (Phi) is 5.44. The van der Waals surface area contributed by atoms with Crippen LogP contribution in [-0.2, 0) is 11.2 Å². The number of hydrogen-bond acceptors (Lipinski definition) is 5. The molecule has 0 radical (unpaired) electrons. The van der Waals surface area contributed by atoms with E-state index in [4.69, 9.17) is 5.73 Å². The molecule has 3 N–H and O–H groups in total. The Bertz CT molecular complexity index is 496. The Hall–Kier alpha value is -1.76. The molecule has 116 valence electrons. The number of aryl methyl sites for hydroxylation is 1. The van der Waals surface area contributed by atoms with Crippen LogP contribution in [0.15, 0.2) is 6.33 Å². The summed E-state index contributed by atoms with van der Waals surface area (Å²) in [4.78, 5) is 21.9. The Morgan fingerprint density at radius 1 is 1.57 bits per heavy atom. The van der Waals surface area contributed by atoms with Gasteiger partial charge < -0.3 is 16.0 Å². The average Bonchev–Trinajstić information content (AvgIpc) is 2.53. The molecule has 1 aromatic rings. The number of carbonyl (C=O) groups is 1. The Morgan fingerprint density at radius 3 is 3.10 bits per heavy atom. The second-order valence-corrected chi connectivity index (χ2v) is 5.18. The highest BCUT2D eigenvalue weighted by atomic mass is 19.1. The lowest BCUT2D eigenvalue weighted by molar-refractivity contribution is -0.125. The van der Waals surface area contributed by atoms with Gasteiger partial charge in [0.15, 0.2) is 11.6 Å². The second kappa shape index (κ2) is 7.31. The number of hydrogen-bond donors (Lipinski definition) is 2. The molecule has 7 heteroatoms. The maximum absolute atomic E-state index is 14.3. The molecule has 0 saturated carbocycles. The summed E-state index contributed by atoms with van der Waals surface area (Å²) in [5.41, 5.74) is 5.80. The van der Waals surface area contributed by atoms with Crippen molar-refractivity contribution in [3.8, 4) is 0 Å². The molecule has 1 aliphatic rings. The number of amides is 1. The summed E-state index contributed by atoms with van der Waals surface area (Å²) in [6.45, 7) is 3.93. The van der Waals surface area contributed by atoms with E-state index < -0.39 is 0 Å². The summed E-state index contributed by atoms with van der Waals surface area (Å²) in [5, 5.41) is 2.79. The third kappa shape index (κ3) is 3.66. The fourth-order valence-corrected chi connectivity index (χ4v) is 2.59. The normalized spacial score (nSPS) is 18.6. The van der Waals surface area contributed by atoms with Gasteiger partial charge in [0.1, 0.15) is 6.33 Å². The zero-order valence-electron chi connectivity index (χ0n) is 12.3. The molecule has 1 fully saturated rings. The van der Waals surface area contributed by atoms with Crippen LogP contribution < -0.4 is 16.0 Å². The Labute approximate surface area is 123 Å². The lowest BCUT2D eigenvalue weighted by Gasteiger charge is -2.33. The summed E-state index contributed by atoms with van der Waals surface area (Å²) < 4.78 is 14.3. The third-order valence-electron chi connectivity index (χ3n) is 3.71. The summed E-state index contributed by atoms with van der Waals surface area (Å²) in [7, 11) is 0. The maximum Gasteiger partial charge on any atom is 0.224 e. The van der Waals surface area contributed by atoms with Gasteiger partial charge in [0, 0.05) is 26.2 Å². The molecule has 2 heterocycles. The number of rotatable bonds is 5. The Morgan fingerprint density at radius 2 is 2.38 bits per heavy atom. The molecular weight excluding hydrogens is 273 g/mol. The predicted molar refractivity (Wildman–Crippen MR) is 78.4 cm³/mol. The monoisotopic (exact) mass is 295 g/mol. The van der Waals surface area contributed by atoms with Crippen LogP contribution in [0.4, 0.5) is 10.2 Å². The van der Waals surface area contributed by atoms with Gasteiger partial charge >= 0.3 is 0 Å². The first-order chi connectivity index (χ1) is 10.2. The fourth-order valence-electron chi connectivity index (χ4n) is 2.59. The van der Waals surface area contributed by atoms with Gasteiger partial charge in [-0.1, -0.05) is 6.92 Å². The fraction of sp³-hybridized carbons (Fsp3) is 0.643. The molecule has 0 bridgehead atoms. The molecular formula is C14H22FN5O. The van der Waals surface area contributed by atoms with Crippen molar-refractivity contribution in [1.29, 1.82) is 0 Å². The molecule has 1 atom stereocenters. The predicted octanol–water partition coefficient (Wildman–Crippen LogP) is 0.469. The molecule has 1 amide bonds. The quantitative estimate of drug-likeness (QED) is 0.825. The minimum absolute atomic E-state index is 0.0182. The highest BCUT2D eigenvalue weighted by Crippen LogP contribution is 2.24. The maximum atomic E-state index is 14.3. The first kappa shape index (κ1) is 15.6. The molecule has 6 nitrogen and oxygen atoms in total. The van der Waals surface area contributed by atoms with Gasteiger partial charge in [-0.15, -0.1) is 0 Å². The first-order valence-corrected chi connectivity index (χ1v) is 7.39. The van der Waals surface area contributed by atoms with E-state index >= 15 is 0 Å². The van der Waals surface area contributed by atoms with Crippen LogP contribution in [-0.4, -0.2) is 42.1 Å². The third-order valence-corrected chi connectivity index (χ3v) is 3.71. The van der Waals surface area contributed by atoms with Crippen molar-refractivity contribution < 1.29 is 9.18 Å². The van der Waals surface area contributed by atoms with E-state index in [1.807, 2.05) is 11.8 Å². The van der Waals surface area contributed by atoms with Crippen LogP contribution >= 0.6 is 0 Å². The number of nitrogens with two attached hydrogens (primary N) is 1. The first-order valence-electron chi connectivity index (χ1n) is 7.39. The molecule has 1 aromatic heterocycles. The lowest BCUT2D eigenvalue weighted by atomic mass is 9.97. The van der Waals surface area contributed by atoms with Crippen molar-refractivity contribution in [3.05, 3.63) is 17.8 Å². The van der Waals surface area contributed by atoms with Gasteiger partial charge in [0.2, 0.25) is 5.91 Å². The largest absolute Gasteiger partial charge is 0.355 e. The second-order valence-electron chi connectivity index (χ2n) is 5.18. The molecule has 0 spiro atoms. The number of nitrogens with zero attached hydrogens (tertiary/aromatic N) is 3. The SMILES string of the molecule is CCc1ncnc(N2CCCC(C(=O)NCCN)C2)c1F. The van der Waals surface area contributed by atoms with Gasteiger partial charge in [0.05, 0.1) is 11.6 Å². The highest BCUT2D eigenvalue weighted by molar-refractivity contribution is 5.79. The highest BCUT2D eigenvalue weighted by Gasteiger charge is 2.28. The van der Waals surface area contributed by atoms with Crippen LogP contribution in [0.5, 0.6) is 0 Å². The van der Waals surface area contributed by atoms with Crippen LogP contribution in [0.1, 0.15) is 25.5 Å². The van der Waals surface area contributed by atoms with Gasteiger partial charge in [-0.2, -0.15) is 0 Å². The minimum atomic E-state index is -0.372. The van der Waals surface area contributed by atoms with Crippen LogP contribution in [0.3, 0.4) is 0 Å². The van der Waals surface area contributed by atoms with Gasteiger partial charge in [-0.05, 0) is 19.3 Å². The molecule has 1 unspecified atom stereocenters. The van der Waals surface area contributed by atoms with E-state index in [9.17, 15) is 9.18 Å². The molecule has 1 saturated heterocycles. The van der Waals surface area contributed by atoms with Crippen molar-refractivity contribution >= 4 is 11.7 Å². The van der Waals surface area contributed by atoms with Gasteiger partial charge in [-0.3, -0.25) is 4.79 Å². The van der Waals surface area contributed by atoms with E-state index in [-0.39, 0.29) is 17.6 Å². The van der Waals surface area contributed by atoms with Crippen LogP contribution in [0, 0.1) is 11.7 Å². The summed E-state index contributed by atoms with van der Waals surface area (Å²) in [6.07, 6.45) is 3.55. The van der Waals surface area contributed by atoms with E-state index in [0.717, 1.165) is 12.8 Å². The number of carbonyl (C=O) groups excluding carboxylic acids is 1. The molecule has 0 aromatic carbocycles. The van der Waals surface area contributed by atoms with Crippen molar-refractivity contribution in [1.82, 2.24) is 15.3 Å². The summed E-state index contributed by atoms with van der Waals surface area (Å²) in [6, 6.07) is 0. The zero-order chi connectivity index (χ0) is 15.2. The smallest absolute Gasteiger partial charge is 0.224 e. The van der Waals surface area contributed by atoms with Crippen LogP contribution in [0.25, 0.3) is 0 Å². The van der Waals surface area contributed by atoms with Crippen molar-refractivity contribution in [2.24, 2.45) is 11.7 Å². The van der Waals surface area contributed by atoms with E-state index in [0.29, 0.717) is 44.1 Å². The number of halogens is 1. The standard InChI is InChI=1S/C14H22FN5O/c1-2-11-12(15)13(19-9-18-11)20-7-3-4-10(8-20)14(21)17-6-5-16/h9-10H,2-8,16H2,1H3,(H,17,21). The number of nitrogens with one attached hydrogen (secondary N) is 1. The molecule has 2 rings (SSSR count). The van der Waals surface area contributed by atoms with Crippen molar-refractivity contribution in [2.45, 2.75) is 26.2 Å². The molecule has 1 aliphatic heterocycles. The minimum Gasteiger partial charge on any atom is -0.355 e. The topological polar surface area (TPSA) is 84.1 Å². The average molecular weight is 295 g/mol. The number of anilines is 1. The number of aromatic nitrogens is 2. The van der Waals surface area contributed by atoms with Crippen LogP contribution in [0.2, 0.25) is 0 Å². The van der Waals surface area contributed by atoms with Crippen molar-refractivity contribution in [3.63, 3.8) is 0 Å². The summed E-state index contributed by atoms with van der Waals surface area (Å²) in [5.74, 6) is -0.235. The zero-order valence-corrected chi connectivity index (χ0v) is 12.3. The van der Waals surface area contributed by atoms with Gasteiger partial charge in [0.25, 0.3) is 0 Å². The number of piperidine rings is 1. The van der Waals surface area contributed by atoms with E-state index in [2.05, 4.69) is 15.3 Å². The summed E-state index contributed by atoms with van der Waals surface area (Å²) >= 11 is 0. The molecule has 0 aliphatic carbocycles. The molecule has 21 heavy (non-hydrogen) atoms. The Balaban J connectivity index is 2.09. The van der Waals surface area contributed by atoms with Crippen molar-refractivity contribution in [2.75, 3.05) is 31.1 Å². The van der Waals surface area contributed by atoms with E-state index in [1.54, 1.807) is 0 Å². The lowest BCUT2D eigenvalue weighted by Crippen LogP contribution is -2.44.